The van der Waals surface area contributed by atoms with Crippen LogP contribution in [0, 0.1) is 19.7 Å². The van der Waals surface area contributed by atoms with Gasteiger partial charge >= 0.3 is 0 Å². The SMILES string of the molecule is Cc1nc(C2=C(N)CN(c3ccc(F)cc3OC3CCC(F)(F)CC3)C2)nc(C)c1Cl. The van der Waals surface area contributed by atoms with Gasteiger partial charge in [-0.3, -0.25) is 0 Å². The van der Waals surface area contributed by atoms with E-state index in [0.29, 0.717) is 52.5 Å². The van der Waals surface area contributed by atoms with E-state index in [9.17, 15) is 13.2 Å². The van der Waals surface area contributed by atoms with Crippen LogP contribution in [-0.2, 0) is 0 Å². The lowest BCUT2D eigenvalue weighted by molar-refractivity contribution is -0.0582. The molecule has 2 aliphatic rings. The van der Waals surface area contributed by atoms with Crippen LogP contribution in [0.15, 0.2) is 23.9 Å². The van der Waals surface area contributed by atoms with E-state index in [1.54, 1.807) is 6.07 Å². The highest BCUT2D eigenvalue weighted by Crippen LogP contribution is 2.39. The minimum absolute atomic E-state index is 0.225. The summed E-state index contributed by atoms with van der Waals surface area (Å²) in [6.07, 6.45) is -0.371. The van der Waals surface area contributed by atoms with E-state index < -0.39 is 11.7 Å². The van der Waals surface area contributed by atoms with E-state index >= 15 is 0 Å². The molecule has 2 aromatic rings. The number of nitrogens with two attached hydrogens (primary N) is 1. The zero-order chi connectivity index (χ0) is 22.3. The molecule has 0 radical (unpaired) electrons. The fourth-order valence-corrected chi connectivity index (χ4v) is 4.11. The lowest BCUT2D eigenvalue weighted by Crippen LogP contribution is -2.31. The number of aryl methyl sites for hydroxylation is 2. The van der Waals surface area contributed by atoms with Crippen molar-refractivity contribution in [2.24, 2.45) is 5.73 Å². The summed E-state index contributed by atoms with van der Waals surface area (Å²) in [6.45, 7) is 4.43. The standard InChI is InChI=1S/C22H24ClF3N4O/c1-12-20(23)13(2)29-21(28-12)16-10-30(11-17(16)27)18-4-3-14(24)9-19(18)31-15-5-7-22(25,26)8-6-15/h3-4,9,15H,5-8,10-11,27H2,1-2H3. The molecular formula is C22H24ClF3N4O. The number of hydrogen-bond acceptors (Lipinski definition) is 5. The fraction of sp³-hybridized carbons (Fsp3) is 0.455. The molecule has 0 amide bonds. The van der Waals surface area contributed by atoms with Crippen LogP contribution in [0.3, 0.4) is 0 Å². The smallest absolute Gasteiger partial charge is 0.248 e. The van der Waals surface area contributed by atoms with Crippen LogP contribution >= 0.6 is 11.6 Å². The van der Waals surface area contributed by atoms with Crippen molar-refractivity contribution >= 4 is 22.9 Å². The summed E-state index contributed by atoms with van der Waals surface area (Å²) in [6, 6.07) is 4.26. The summed E-state index contributed by atoms with van der Waals surface area (Å²) in [5, 5.41) is 0.519. The zero-order valence-electron chi connectivity index (χ0n) is 17.4. The Balaban J connectivity index is 1.56. The second-order valence-electron chi connectivity index (χ2n) is 8.18. The summed E-state index contributed by atoms with van der Waals surface area (Å²) in [4.78, 5) is 10.9. The van der Waals surface area contributed by atoms with Gasteiger partial charge in [-0.2, -0.15) is 0 Å². The van der Waals surface area contributed by atoms with E-state index in [0.717, 1.165) is 5.57 Å². The number of benzene rings is 1. The number of aromatic nitrogens is 2. The maximum Gasteiger partial charge on any atom is 0.248 e. The molecule has 0 bridgehead atoms. The van der Waals surface area contributed by atoms with Gasteiger partial charge in [0, 0.05) is 36.7 Å². The predicted octanol–water partition coefficient (Wildman–Crippen LogP) is 5.03. The Labute approximate surface area is 184 Å². The Hall–Kier alpha value is -2.48. The third kappa shape index (κ3) is 4.59. The summed E-state index contributed by atoms with van der Waals surface area (Å²) in [5.41, 5.74) is 9.67. The topological polar surface area (TPSA) is 64.3 Å². The van der Waals surface area contributed by atoms with Gasteiger partial charge in [-0.1, -0.05) is 11.6 Å². The average molecular weight is 453 g/mol. The van der Waals surface area contributed by atoms with Gasteiger partial charge in [0.15, 0.2) is 5.82 Å². The van der Waals surface area contributed by atoms with Gasteiger partial charge in [0.2, 0.25) is 5.92 Å². The second-order valence-corrected chi connectivity index (χ2v) is 8.56. The molecular weight excluding hydrogens is 429 g/mol. The maximum atomic E-state index is 14.0. The monoisotopic (exact) mass is 452 g/mol. The number of ether oxygens (including phenoxy) is 1. The Morgan fingerprint density at radius 1 is 1.13 bits per heavy atom. The fourth-order valence-electron chi connectivity index (χ4n) is 4.03. The quantitative estimate of drug-likeness (QED) is 0.704. The molecule has 1 aromatic carbocycles. The Kier molecular flexibility index (Phi) is 5.77. The molecule has 1 aliphatic heterocycles. The highest BCUT2D eigenvalue weighted by Gasteiger charge is 2.36. The first-order valence-electron chi connectivity index (χ1n) is 10.2. The van der Waals surface area contributed by atoms with Crippen molar-refractivity contribution in [1.29, 1.82) is 0 Å². The summed E-state index contributed by atoms with van der Waals surface area (Å²) in [7, 11) is 0. The lowest BCUT2D eigenvalue weighted by Gasteiger charge is -2.30. The Bertz CT molecular complexity index is 1010. The molecule has 0 spiro atoms. The first-order chi connectivity index (χ1) is 14.6. The van der Waals surface area contributed by atoms with Gasteiger partial charge in [-0.05, 0) is 38.8 Å². The molecule has 0 atom stereocenters. The van der Waals surface area contributed by atoms with Gasteiger partial charge in [0.05, 0.1) is 34.7 Å². The van der Waals surface area contributed by atoms with Crippen LogP contribution in [0.25, 0.3) is 5.57 Å². The van der Waals surface area contributed by atoms with Gasteiger partial charge in [-0.15, -0.1) is 0 Å². The van der Waals surface area contributed by atoms with Gasteiger partial charge in [0.25, 0.3) is 0 Å². The molecule has 1 saturated carbocycles. The third-order valence-electron chi connectivity index (χ3n) is 5.77. The minimum atomic E-state index is -2.65. The number of hydrogen-bond donors (Lipinski definition) is 1. The molecule has 1 aliphatic carbocycles. The van der Waals surface area contributed by atoms with Gasteiger partial charge in [0.1, 0.15) is 11.6 Å². The van der Waals surface area contributed by atoms with Crippen LogP contribution in [0.1, 0.15) is 42.9 Å². The van der Waals surface area contributed by atoms with E-state index in [1.165, 1.54) is 12.1 Å². The number of alkyl halides is 2. The van der Waals surface area contributed by atoms with Crippen LogP contribution < -0.4 is 15.4 Å². The van der Waals surface area contributed by atoms with E-state index in [4.69, 9.17) is 22.1 Å². The predicted molar refractivity (Wildman–Crippen MR) is 114 cm³/mol. The molecule has 31 heavy (non-hydrogen) atoms. The van der Waals surface area contributed by atoms with E-state index in [-0.39, 0.29) is 31.8 Å². The molecule has 2 N–H and O–H groups in total. The minimum Gasteiger partial charge on any atom is -0.488 e. The van der Waals surface area contributed by atoms with E-state index in [1.807, 2.05) is 18.7 Å². The van der Waals surface area contributed by atoms with Crippen molar-refractivity contribution in [2.45, 2.75) is 51.6 Å². The van der Waals surface area contributed by atoms with Crippen molar-refractivity contribution in [3.8, 4) is 5.75 Å². The molecule has 166 valence electrons. The van der Waals surface area contributed by atoms with Crippen LogP contribution in [0.5, 0.6) is 5.75 Å². The van der Waals surface area contributed by atoms with Gasteiger partial charge < -0.3 is 15.4 Å². The molecule has 0 saturated heterocycles. The third-order valence-corrected chi connectivity index (χ3v) is 6.32. The van der Waals surface area contributed by atoms with Crippen LogP contribution in [-0.4, -0.2) is 35.1 Å². The first-order valence-corrected chi connectivity index (χ1v) is 10.6. The molecule has 5 nitrogen and oxygen atoms in total. The second kappa shape index (κ2) is 8.22. The molecule has 1 fully saturated rings. The molecule has 2 heterocycles. The summed E-state index contributed by atoms with van der Waals surface area (Å²) < 4.78 is 46.9. The normalized spacial score (nSPS) is 19.2. The average Bonchev–Trinajstić information content (AvgIpc) is 3.09. The number of halogens is 4. The first kappa shape index (κ1) is 21.7. The van der Waals surface area contributed by atoms with Crippen molar-refractivity contribution in [3.63, 3.8) is 0 Å². The Morgan fingerprint density at radius 2 is 1.77 bits per heavy atom. The van der Waals surface area contributed by atoms with Crippen molar-refractivity contribution in [3.05, 3.63) is 51.9 Å². The zero-order valence-corrected chi connectivity index (χ0v) is 18.1. The largest absolute Gasteiger partial charge is 0.488 e. The van der Waals surface area contributed by atoms with Crippen molar-refractivity contribution in [2.75, 3.05) is 18.0 Å². The Morgan fingerprint density at radius 3 is 2.42 bits per heavy atom. The molecule has 1 aromatic heterocycles. The number of anilines is 1. The van der Waals surface area contributed by atoms with Crippen molar-refractivity contribution in [1.82, 2.24) is 9.97 Å². The molecule has 4 rings (SSSR count). The van der Waals surface area contributed by atoms with Crippen molar-refractivity contribution < 1.29 is 17.9 Å². The van der Waals surface area contributed by atoms with Crippen LogP contribution in [0.2, 0.25) is 5.02 Å². The maximum absolute atomic E-state index is 14.0. The molecule has 9 heteroatoms. The van der Waals surface area contributed by atoms with E-state index in [2.05, 4.69) is 9.97 Å². The summed E-state index contributed by atoms with van der Waals surface area (Å²) in [5.74, 6) is -2.26. The summed E-state index contributed by atoms with van der Waals surface area (Å²) >= 11 is 6.18. The van der Waals surface area contributed by atoms with Crippen LogP contribution in [0.4, 0.5) is 18.9 Å². The van der Waals surface area contributed by atoms with Gasteiger partial charge in [-0.25, -0.2) is 23.1 Å². The highest BCUT2D eigenvalue weighted by atomic mass is 35.5. The highest BCUT2D eigenvalue weighted by molar-refractivity contribution is 6.31. The lowest BCUT2D eigenvalue weighted by atomic mass is 9.94. The molecule has 0 unspecified atom stereocenters. The number of nitrogens with zero attached hydrogens (tertiary/aromatic N) is 3. The number of rotatable bonds is 4.